The molecule has 0 saturated heterocycles. The molecule has 0 N–H and O–H groups in total. The molecule has 0 radical (unpaired) electrons. The second-order valence-electron chi connectivity index (χ2n) is 19.4. The number of halogens is 4. The molecule has 0 aliphatic rings. The maximum Gasteiger partial charge on any atom is 0.129 e. The van der Waals surface area contributed by atoms with Gasteiger partial charge in [0.2, 0.25) is 0 Å². The fraction of sp³-hybridized carbons (Fsp3) is 0.314. The topological polar surface area (TPSA) is 46.2 Å². The molecule has 8 rings (SSSR count). The maximum atomic E-state index is 12.8. The van der Waals surface area contributed by atoms with Crippen molar-refractivity contribution in [3.05, 3.63) is 251 Å². The Bertz CT molecular complexity index is 2890. The van der Waals surface area contributed by atoms with Crippen LogP contribution in [0.5, 0.6) is 28.7 Å². The van der Waals surface area contributed by atoms with Crippen molar-refractivity contribution in [2.75, 3.05) is 35.5 Å². The average molecular weight is 1090 g/mol. The molecule has 5 nitrogen and oxygen atoms in total. The molecule has 0 aliphatic heterocycles. The fourth-order valence-corrected chi connectivity index (χ4v) is 7.32. The summed E-state index contributed by atoms with van der Waals surface area (Å²) in [5.41, 5.74) is 18.4. The third-order valence-corrected chi connectivity index (χ3v) is 13.3. The molecule has 0 saturated carbocycles. The first kappa shape index (κ1) is 69.5. The van der Waals surface area contributed by atoms with E-state index in [0.717, 1.165) is 68.2 Å². The first-order valence-electron chi connectivity index (χ1n) is 26.1. The molecule has 0 aliphatic carbocycles. The van der Waals surface area contributed by atoms with Gasteiger partial charge in [0.15, 0.2) is 0 Å². The molecule has 0 unspecified atom stereocenters. The molecule has 0 aromatic heterocycles. The van der Waals surface area contributed by atoms with Gasteiger partial charge >= 0.3 is 0 Å². The summed E-state index contributed by atoms with van der Waals surface area (Å²) in [4.78, 5) is 0. The van der Waals surface area contributed by atoms with Crippen LogP contribution in [0.2, 0.25) is 0 Å². The summed E-state index contributed by atoms with van der Waals surface area (Å²) in [5.74, 6) is 3.40. The lowest BCUT2D eigenvalue weighted by molar-refractivity contribution is 0.389. The van der Waals surface area contributed by atoms with Gasteiger partial charge in [0, 0.05) is 11.6 Å². The normalized spacial score (nSPS) is 9.65. The van der Waals surface area contributed by atoms with E-state index in [1.54, 1.807) is 74.5 Å². The van der Waals surface area contributed by atoms with Gasteiger partial charge < -0.3 is 23.7 Å². The third-order valence-electron chi connectivity index (χ3n) is 13.3. The Balaban J connectivity index is 0.000000452. The molecule has 0 spiro atoms. The van der Waals surface area contributed by atoms with E-state index in [1.807, 2.05) is 108 Å². The number of benzene rings is 8. The monoisotopic (exact) mass is 1080 g/mol. The van der Waals surface area contributed by atoms with E-state index in [-0.39, 0.29) is 11.6 Å². The van der Waals surface area contributed by atoms with Gasteiger partial charge in [-0.3, -0.25) is 0 Å². The lowest BCUT2D eigenvalue weighted by atomic mass is 10.0. The minimum atomic E-state index is -0.513. The standard InChI is InChI=1S/C10H14O.2C9H11F.C9H12O2.2C9H12O.C8H8F2.C7H8/c1-7-5-8(2)9(3)10(6-7)11-4;1-6-4-9(10)5-7(2)8(6)3;1-6-4-7(2)8(3)9(10)5-6;1-7-8(10-2)5-4-6-9(7)11-3;1-7-4-5-9(10-3)6-8(7)2;1-7-5-4-6-9(10-3)8(7)2;1-5-3-7(9)4-8(10)6(5)2;1-7-5-3-2-4-6-7/h5-6H,1-4H3;2*4-5H,1-3H3;4-6H,1-3H3;2*4-6H,1-3H3;3-4H,1-2H3;2-6H,1H3. The summed E-state index contributed by atoms with van der Waals surface area (Å²) in [5, 5.41) is 0. The van der Waals surface area contributed by atoms with Gasteiger partial charge in [-0.1, -0.05) is 72.3 Å². The van der Waals surface area contributed by atoms with E-state index in [9.17, 15) is 17.6 Å². The number of hydrogen-bond acceptors (Lipinski definition) is 5. The van der Waals surface area contributed by atoms with Crippen molar-refractivity contribution >= 4 is 0 Å². The van der Waals surface area contributed by atoms with Crippen LogP contribution in [0.15, 0.2) is 133 Å². The number of rotatable bonds is 5. The van der Waals surface area contributed by atoms with Crippen molar-refractivity contribution in [3.63, 3.8) is 0 Å². The average Bonchev–Trinajstić information content (AvgIpc) is 3.40. The Morgan fingerprint density at radius 3 is 1.04 bits per heavy atom. The Kier molecular flexibility index (Phi) is 31.5. The SMILES string of the molecule is COc1cc(C)cc(C)c1C.COc1ccc(C)c(C)c1.COc1cccc(C)c1C.COc1cccc(OC)c1C.Cc1cc(C)c(C)c(F)c1.Cc1cc(F)cc(C)c1C.Cc1cc(F)cc(F)c1C.Cc1ccccc1. The minimum Gasteiger partial charge on any atom is -0.497 e. The van der Waals surface area contributed by atoms with Gasteiger partial charge in [-0.2, -0.15) is 0 Å². The molecule has 79 heavy (non-hydrogen) atoms. The molecular formula is C70H88F4O5. The van der Waals surface area contributed by atoms with Crippen LogP contribution in [0, 0.1) is 141 Å². The van der Waals surface area contributed by atoms with E-state index in [1.165, 1.54) is 56.1 Å². The van der Waals surface area contributed by atoms with Crippen LogP contribution < -0.4 is 23.7 Å². The summed E-state index contributed by atoms with van der Waals surface area (Å²) < 4.78 is 76.0. The second-order valence-corrected chi connectivity index (χ2v) is 19.4. The highest BCUT2D eigenvalue weighted by Crippen LogP contribution is 2.27. The third kappa shape index (κ3) is 24.8. The van der Waals surface area contributed by atoms with Crippen LogP contribution >= 0.6 is 0 Å². The van der Waals surface area contributed by atoms with Crippen molar-refractivity contribution in [2.24, 2.45) is 0 Å². The zero-order valence-electron chi connectivity index (χ0n) is 51.3. The summed E-state index contributed by atoms with van der Waals surface area (Å²) in [6.45, 7) is 33.4. The highest BCUT2D eigenvalue weighted by molar-refractivity contribution is 5.44. The van der Waals surface area contributed by atoms with Crippen molar-refractivity contribution in [1.82, 2.24) is 0 Å². The first-order chi connectivity index (χ1) is 37.1. The molecule has 0 fully saturated rings. The van der Waals surface area contributed by atoms with Crippen LogP contribution in [0.1, 0.15) is 94.6 Å². The van der Waals surface area contributed by atoms with Crippen LogP contribution in [0.25, 0.3) is 0 Å². The van der Waals surface area contributed by atoms with E-state index >= 15 is 0 Å². The Morgan fingerprint density at radius 2 is 0.633 bits per heavy atom. The zero-order valence-corrected chi connectivity index (χ0v) is 51.3. The van der Waals surface area contributed by atoms with E-state index in [0.29, 0.717) is 11.1 Å². The van der Waals surface area contributed by atoms with E-state index in [2.05, 4.69) is 91.8 Å². The maximum absolute atomic E-state index is 12.8. The largest absolute Gasteiger partial charge is 0.497 e. The molecule has 0 bridgehead atoms. The van der Waals surface area contributed by atoms with Crippen molar-refractivity contribution in [3.8, 4) is 28.7 Å². The highest BCUT2D eigenvalue weighted by Gasteiger charge is 2.05. The van der Waals surface area contributed by atoms with Gasteiger partial charge in [-0.25, -0.2) is 17.6 Å². The van der Waals surface area contributed by atoms with Gasteiger partial charge in [-0.05, 0) is 262 Å². The molecule has 9 heteroatoms. The predicted octanol–water partition coefficient (Wildman–Crippen LogP) is 19.3. The summed E-state index contributed by atoms with van der Waals surface area (Å²) >= 11 is 0. The Labute approximate surface area is 472 Å². The molecule has 8 aromatic rings. The zero-order chi connectivity index (χ0) is 60.1. The summed E-state index contributed by atoms with van der Waals surface area (Å²) in [6.07, 6.45) is 0. The lowest BCUT2D eigenvalue weighted by Gasteiger charge is -2.08. The predicted molar refractivity (Wildman–Crippen MR) is 325 cm³/mol. The van der Waals surface area contributed by atoms with Crippen molar-refractivity contribution in [1.29, 1.82) is 0 Å². The Morgan fingerprint density at radius 1 is 0.241 bits per heavy atom. The summed E-state index contributed by atoms with van der Waals surface area (Å²) in [7, 11) is 8.40. The van der Waals surface area contributed by atoms with E-state index in [4.69, 9.17) is 23.7 Å². The molecule has 0 amide bonds. The van der Waals surface area contributed by atoms with Crippen LogP contribution in [-0.2, 0) is 0 Å². The lowest BCUT2D eigenvalue weighted by Crippen LogP contribution is -1.90. The quantitative estimate of drug-likeness (QED) is 0.161. The van der Waals surface area contributed by atoms with Crippen molar-refractivity contribution < 1.29 is 41.2 Å². The van der Waals surface area contributed by atoms with Gasteiger partial charge in [0.25, 0.3) is 0 Å². The highest BCUT2D eigenvalue weighted by atomic mass is 19.1. The molecule has 8 aromatic carbocycles. The molecule has 0 heterocycles. The fourth-order valence-electron chi connectivity index (χ4n) is 7.32. The Hall–Kier alpha value is -7.52. The molecule has 0 atom stereocenters. The summed E-state index contributed by atoms with van der Waals surface area (Å²) in [6, 6.07) is 41.2. The van der Waals surface area contributed by atoms with Crippen LogP contribution in [0.4, 0.5) is 17.6 Å². The number of hydrogen-bond donors (Lipinski definition) is 0. The number of ether oxygens (including phenoxy) is 5. The van der Waals surface area contributed by atoms with Gasteiger partial charge in [0.05, 0.1) is 35.5 Å². The van der Waals surface area contributed by atoms with Crippen LogP contribution in [-0.4, -0.2) is 35.5 Å². The van der Waals surface area contributed by atoms with Crippen molar-refractivity contribution in [2.45, 2.75) is 118 Å². The van der Waals surface area contributed by atoms with E-state index < -0.39 is 11.6 Å². The number of methoxy groups -OCH3 is 5. The smallest absolute Gasteiger partial charge is 0.129 e. The van der Waals surface area contributed by atoms with Gasteiger partial charge in [0.1, 0.15) is 52.0 Å². The minimum absolute atomic E-state index is 0.0995. The van der Waals surface area contributed by atoms with Gasteiger partial charge in [-0.15, -0.1) is 0 Å². The first-order valence-corrected chi connectivity index (χ1v) is 26.1. The number of aryl methyl sites for hydroxylation is 11. The second kappa shape index (κ2) is 35.8. The molecular weight excluding hydrogens is 997 g/mol. The van der Waals surface area contributed by atoms with Crippen LogP contribution in [0.3, 0.4) is 0 Å². The molecule has 426 valence electrons.